The lowest BCUT2D eigenvalue weighted by molar-refractivity contribution is -0.127. The Kier molecular flexibility index (Phi) is 7.23. The van der Waals surface area contributed by atoms with Gasteiger partial charge in [0, 0.05) is 42.9 Å². The van der Waals surface area contributed by atoms with E-state index in [9.17, 15) is 4.79 Å². The van der Waals surface area contributed by atoms with Crippen molar-refractivity contribution in [2.45, 2.75) is 25.4 Å². The molecule has 0 spiro atoms. The minimum atomic E-state index is -0.0213. The molecule has 2 N–H and O–H groups in total. The van der Waals surface area contributed by atoms with Gasteiger partial charge in [-0.25, -0.2) is 9.97 Å². The van der Waals surface area contributed by atoms with Crippen LogP contribution in [0.25, 0.3) is 11.0 Å². The Balaban J connectivity index is 1.32. The molecule has 1 aromatic carbocycles. The van der Waals surface area contributed by atoms with Crippen LogP contribution in [0.2, 0.25) is 5.02 Å². The van der Waals surface area contributed by atoms with Gasteiger partial charge in [-0.3, -0.25) is 9.78 Å². The fraction of sp³-hybridized carbons (Fsp3) is 0.259. The van der Waals surface area contributed by atoms with E-state index in [1.165, 1.54) is 12.4 Å². The summed E-state index contributed by atoms with van der Waals surface area (Å²) in [6.07, 6.45) is 9.99. The summed E-state index contributed by atoms with van der Waals surface area (Å²) in [5.74, 6) is 2.22. The number of aromatic nitrogens is 4. The summed E-state index contributed by atoms with van der Waals surface area (Å²) in [5, 5.41) is 4.80. The summed E-state index contributed by atoms with van der Waals surface area (Å²) in [5.41, 5.74) is 3.50. The first kappa shape index (κ1) is 24.6. The number of amides is 1. The molecular weight excluding hydrogens is 492 g/mol. The van der Waals surface area contributed by atoms with Gasteiger partial charge in [0.2, 0.25) is 5.91 Å². The molecule has 4 aromatic rings. The second-order valence-electron chi connectivity index (χ2n) is 8.74. The van der Waals surface area contributed by atoms with E-state index in [0.717, 1.165) is 40.7 Å². The Bertz CT molecular complexity index is 1430. The molecule has 1 aliphatic heterocycles. The number of methoxy groups -OCH3 is 1. The normalized spacial score (nSPS) is 13.9. The molecule has 0 atom stereocenters. The maximum Gasteiger partial charge on any atom is 0.245 e. The first-order valence-corrected chi connectivity index (χ1v) is 12.3. The molecule has 4 heterocycles. The summed E-state index contributed by atoms with van der Waals surface area (Å²) in [7, 11) is 1.61. The van der Waals surface area contributed by atoms with Gasteiger partial charge >= 0.3 is 0 Å². The molecule has 37 heavy (non-hydrogen) atoms. The predicted octanol–water partition coefficient (Wildman–Crippen LogP) is 5.23. The number of piperidine rings is 1. The third-order valence-electron chi connectivity index (χ3n) is 6.58. The van der Waals surface area contributed by atoms with Crippen LogP contribution in [-0.4, -0.2) is 50.9 Å². The zero-order valence-electron chi connectivity index (χ0n) is 20.4. The molecule has 0 unspecified atom stereocenters. The molecule has 3 aromatic heterocycles. The molecule has 1 fully saturated rings. The third-order valence-corrected chi connectivity index (χ3v) is 6.87. The van der Waals surface area contributed by atoms with Crippen LogP contribution in [0.15, 0.2) is 61.8 Å². The molecule has 0 saturated carbocycles. The van der Waals surface area contributed by atoms with E-state index in [4.69, 9.17) is 21.1 Å². The average molecular weight is 519 g/mol. The van der Waals surface area contributed by atoms with Crippen molar-refractivity contribution >= 4 is 40.0 Å². The molecule has 9 nitrogen and oxygen atoms in total. The number of hydrogen-bond donors (Lipinski definition) is 2. The number of H-pyrrole nitrogens is 1. The molecule has 5 rings (SSSR count). The number of nitrogens with one attached hydrogen (secondary N) is 2. The minimum Gasteiger partial charge on any atom is -0.496 e. The van der Waals surface area contributed by atoms with Crippen molar-refractivity contribution in [2.24, 2.45) is 0 Å². The summed E-state index contributed by atoms with van der Waals surface area (Å²) in [4.78, 5) is 30.1. The van der Waals surface area contributed by atoms with E-state index < -0.39 is 0 Å². The van der Waals surface area contributed by atoms with E-state index in [-0.39, 0.29) is 18.4 Å². The molecule has 0 bridgehead atoms. The van der Waals surface area contributed by atoms with Gasteiger partial charge in [-0.15, -0.1) is 0 Å². The molecule has 0 aliphatic carbocycles. The molecule has 1 amide bonds. The first-order valence-electron chi connectivity index (χ1n) is 12.0. The lowest BCUT2D eigenvalue weighted by atomic mass is 9.89. The number of anilines is 2. The van der Waals surface area contributed by atoms with Crippen LogP contribution in [-0.2, 0) is 11.4 Å². The lowest BCUT2D eigenvalue weighted by Crippen LogP contribution is -2.36. The summed E-state index contributed by atoms with van der Waals surface area (Å²) in [6, 6.07) is 7.30. The van der Waals surface area contributed by atoms with Crippen molar-refractivity contribution < 1.29 is 14.3 Å². The molecule has 0 radical (unpaired) electrons. The van der Waals surface area contributed by atoms with Gasteiger partial charge in [0.25, 0.3) is 0 Å². The fourth-order valence-electron chi connectivity index (χ4n) is 4.65. The number of rotatable bonds is 8. The van der Waals surface area contributed by atoms with Gasteiger partial charge in [-0.1, -0.05) is 18.2 Å². The van der Waals surface area contributed by atoms with E-state index in [1.807, 2.05) is 23.2 Å². The van der Waals surface area contributed by atoms with Gasteiger partial charge in [0.05, 0.1) is 17.5 Å². The van der Waals surface area contributed by atoms with E-state index in [0.29, 0.717) is 35.4 Å². The topological polar surface area (TPSA) is 105 Å². The van der Waals surface area contributed by atoms with Crippen LogP contribution in [0.1, 0.15) is 29.9 Å². The van der Waals surface area contributed by atoms with Crippen LogP contribution in [0.3, 0.4) is 0 Å². The Labute approximate surface area is 219 Å². The number of aromatic amines is 1. The molecule has 1 aliphatic rings. The molecule has 1 saturated heterocycles. The zero-order valence-corrected chi connectivity index (χ0v) is 21.2. The molecule has 10 heteroatoms. The monoisotopic (exact) mass is 518 g/mol. The summed E-state index contributed by atoms with van der Waals surface area (Å²) in [6.45, 7) is 5.26. The Morgan fingerprint density at radius 2 is 2.11 bits per heavy atom. The highest BCUT2D eigenvalue weighted by atomic mass is 35.5. The third kappa shape index (κ3) is 5.22. The van der Waals surface area contributed by atoms with Gasteiger partial charge in [0.15, 0.2) is 0 Å². The van der Waals surface area contributed by atoms with Crippen LogP contribution >= 0.6 is 11.6 Å². The van der Waals surface area contributed by atoms with Crippen molar-refractivity contribution in [1.82, 2.24) is 24.8 Å². The van der Waals surface area contributed by atoms with Crippen LogP contribution < -0.4 is 14.8 Å². The maximum atomic E-state index is 12.0. The van der Waals surface area contributed by atoms with Crippen LogP contribution in [0.4, 0.5) is 11.5 Å². The number of carbonyl (C=O) groups excluding carboxylic acids is 1. The van der Waals surface area contributed by atoms with Crippen molar-refractivity contribution in [3.8, 4) is 11.5 Å². The van der Waals surface area contributed by atoms with Crippen LogP contribution in [0, 0.1) is 0 Å². The lowest BCUT2D eigenvalue weighted by Gasteiger charge is -2.31. The number of halogens is 1. The number of carbonyl (C=O) groups is 1. The largest absolute Gasteiger partial charge is 0.496 e. The Hall–Kier alpha value is -4.11. The number of pyridine rings is 1. The highest BCUT2D eigenvalue weighted by molar-refractivity contribution is 6.32. The van der Waals surface area contributed by atoms with Crippen molar-refractivity contribution in [2.75, 3.05) is 25.5 Å². The standard InChI is InChI=1S/C27H27ClN6O3/c1-3-24(35)34-10-7-17(8-11-34)20-14-30-26-25(20)27(32-16-31-26)33-19-4-5-23(21(28)12-19)37-15-18-13-29-9-6-22(18)36-2/h3-6,9,12-14,16-17H,1,7-8,10-11,15H2,2H3,(H2,30,31,32,33). The number of ether oxygens (including phenoxy) is 2. The summed E-state index contributed by atoms with van der Waals surface area (Å²) < 4.78 is 11.3. The van der Waals surface area contributed by atoms with Crippen molar-refractivity contribution in [3.05, 3.63) is 78.0 Å². The van der Waals surface area contributed by atoms with Crippen LogP contribution in [0.5, 0.6) is 11.5 Å². The number of benzene rings is 1. The second kappa shape index (κ2) is 10.9. The first-order chi connectivity index (χ1) is 18.1. The van der Waals surface area contributed by atoms with Gasteiger partial charge in [-0.2, -0.15) is 0 Å². The maximum absolute atomic E-state index is 12.0. The van der Waals surface area contributed by atoms with Gasteiger partial charge in [-0.05, 0) is 54.7 Å². The van der Waals surface area contributed by atoms with Crippen molar-refractivity contribution in [3.63, 3.8) is 0 Å². The summed E-state index contributed by atoms with van der Waals surface area (Å²) >= 11 is 6.55. The van der Waals surface area contributed by atoms with E-state index in [2.05, 4.69) is 31.8 Å². The number of hydrogen-bond acceptors (Lipinski definition) is 7. The average Bonchev–Trinajstić information content (AvgIpc) is 3.38. The Morgan fingerprint density at radius 1 is 1.27 bits per heavy atom. The number of likely N-dealkylation sites (tertiary alicyclic amines) is 1. The van der Waals surface area contributed by atoms with Gasteiger partial charge < -0.3 is 24.7 Å². The second-order valence-corrected chi connectivity index (χ2v) is 9.15. The quantitative estimate of drug-likeness (QED) is 0.308. The van der Waals surface area contributed by atoms with E-state index >= 15 is 0 Å². The highest BCUT2D eigenvalue weighted by Gasteiger charge is 2.26. The highest BCUT2D eigenvalue weighted by Crippen LogP contribution is 2.37. The van der Waals surface area contributed by atoms with Gasteiger partial charge in [0.1, 0.15) is 35.9 Å². The minimum absolute atomic E-state index is 0.0213. The Morgan fingerprint density at radius 3 is 2.86 bits per heavy atom. The predicted molar refractivity (Wildman–Crippen MR) is 142 cm³/mol. The molecular formula is C27H27ClN6O3. The number of nitrogens with zero attached hydrogens (tertiary/aromatic N) is 4. The van der Waals surface area contributed by atoms with E-state index in [1.54, 1.807) is 31.6 Å². The van der Waals surface area contributed by atoms with Crippen molar-refractivity contribution in [1.29, 1.82) is 0 Å². The SMILES string of the molecule is C=CC(=O)N1CCC(c2c[nH]c3ncnc(Nc4ccc(OCc5cnccc5OC)c(Cl)c4)c23)CC1. The number of fused-ring (bicyclic) bond motifs is 1. The smallest absolute Gasteiger partial charge is 0.245 e. The zero-order chi connectivity index (χ0) is 25.8. The fourth-order valence-corrected chi connectivity index (χ4v) is 4.89. The molecule has 190 valence electrons.